The minimum Gasteiger partial charge on any atom is -0.371 e. The van der Waals surface area contributed by atoms with Crippen molar-refractivity contribution >= 4 is 15.9 Å². The van der Waals surface area contributed by atoms with E-state index in [-0.39, 0.29) is 30.6 Å². The molecule has 0 aromatic heterocycles. The van der Waals surface area contributed by atoms with Gasteiger partial charge in [0.25, 0.3) is 0 Å². The lowest BCUT2D eigenvalue weighted by Crippen LogP contribution is -2.47. The number of carbonyl (C=O) groups is 1. The average molecular weight is 364 g/mol. The molecule has 25 heavy (non-hydrogen) atoms. The number of rotatable bonds is 5. The van der Waals surface area contributed by atoms with E-state index in [1.54, 1.807) is 18.2 Å². The van der Waals surface area contributed by atoms with E-state index in [0.717, 1.165) is 12.1 Å². The van der Waals surface area contributed by atoms with Gasteiger partial charge in [0.05, 0.1) is 23.0 Å². The summed E-state index contributed by atoms with van der Waals surface area (Å²) in [4.78, 5) is 12.7. The summed E-state index contributed by atoms with van der Waals surface area (Å²) in [5.41, 5.74) is 0.912. The fourth-order valence-corrected chi connectivity index (χ4v) is 5.31. The topological polar surface area (TPSA) is 75.7 Å². The summed E-state index contributed by atoms with van der Waals surface area (Å²) in [6, 6.07) is 6.94. The number of amides is 1. The lowest BCUT2D eigenvalue weighted by molar-refractivity contribution is -0.127. The van der Waals surface area contributed by atoms with Gasteiger partial charge in [-0.2, -0.15) is 4.31 Å². The van der Waals surface area contributed by atoms with Crippen LogP contribution in [-0.4, -0.2) is 50.5 Å². The molecule has 1 saturated carbocycles. The van der Waals surface area contributed by atoms with Gasteiger partial charge in [-0.3, -0.25) is 4.79 Å². The quantitative estimate of drug-likeness (QED) is 0.854. The second-order valence-corrected chi connectivity index (χ2v) is 9.40. The van der Waals surface area contributed by atoms with Gasteiger partial charge in [0.2, 0.25) is 15.9 Å². The van der Waals surface area contributed by atoms with E-state index in [1.165, 1.54) is 17.1 Å². The minimum atomic E-state index is -3.55. The smallest absolute Gasteiger partial charge is 0.243 e. The van der Waals surface area contributed by atoms with Crippen molar-refractivity contribution in [1.82, 2.24) is 9.62 Å². The SMILES string of the molecule is Cc1cccc(S(=O)(=O)N2C[C@@H]3C[C@@H](C(=O)NCC4CC4)[C@H](C2)O3)c1. The van der Waals surface area contributed by atoms with Crippen LogP contribution in [0.5, 0.6) is 0 Å². The second-order valence-electron chi connectivity index (χ2n) is 7.47. The number of carbonyl (C=O) groups excluding carboxylic acids is 1. The fraction of sp³-hybridized carbons (Fsp3) is 0.611. The number of fused-ring (bicyclic) bond motifs is 2. The van der Waals surface area contributed by atoms with Gasteiger partial charge in [0.15, 0.2) is 0 Å². The number of hydrogen-bond acceptors (Lipinski definition) is 4. The molecule has 1 N–H and O–H groups in total. The third-order valence-electron chi connectivity index (χ3n) is 5.35. The van der Waals surface area contributed by atoms with E-state index in [4.69, 9.17) is 4.74 Å². The Kier molecular flexibility index (Phi) is 4.33. The van der Waals surface area contributed by atoms with Gasteiger partial charge in [-0.05, 0) is 49.8 Å². The molecule has 6 nitrogen and oxygen atoms in total. The number of benzene rings is 1. The van der Waals surface area contributed by atoms with Crippen LogP contribution >= 0.6 is 0 Å². The van der Waals surface area contributed by atoms with Crippen molar-refractivity contribution in [3.8, 4) is 0 Å². The van der Waals surface area contributed by atoms with Gasteiger partial charge in [0.1, 0.15) is 0 Å². The number of sulfonamides is 1. The Morgan fingerprint density at radius 1 is 1.32 bits per heavy atom. The van der Waals surface area contributed by atoms with E-state index in [2.05, 4.69) is 5.32 Å². The summed E-state index contributed by atoms with van der Waals surface area (Å²) in [7, 11) is -3.55. The maximum Gasteiger partial charge on any atom is 0.243 e. The summed E-state index contributed by atoms with van der Waals surface area (Å²) in [5, 5.41) is 3.00. The molecular weight excluding hydrogens is 340 g/mol. The Bertz CT molecular complexity index is 775. The predicted octanol–water partition coefficient (Wildman–Crippen LogP) is 1.30. The molecule has 3 atom stereocenters. The lowest BCUT2D eigenvalue weighted by atomic mass is 9.99. The number of hydrogen-bond donors (Lipinski definition) is 1. The van der Waals surface area contributed by atoms with Gasteiger partial charge >= 0.3 is 0 Å². The van der Waals surface area contributed by atoms with Crippen molar-refractivity contribution in [1.29, 1.82) is 0 Å². The van der Waals surface area contributed by atoms with E-state index in [0.29, 0.717) is 23.8 Å². The molecule has 0 unspecified atom stereocenters. The van der Waals surface area contributed by atoms with Gasteiger partial charge in [-0.1, -0.05) is 12.1 Å². The zero-order chi connectivity index (χ0) is 17.6. The molecule has 1 aromatic rings. The molecule has 2 bridgehead atoms. The van der Waals surface area contributed by atoms with Crippen molar-refractivity contribution in [3.63, 3.8) is 0 Å². The first-order valence-electron chi connectivity index (χ1n) is 8.93. The van der Waals surface area contributed by atoms with Crippen LogP contribution in [0.2, 0.25) is 0 Å². The van der Waals surface area contributed by atoms with Crippen molar-refractivity contribution in [2.24, 2.45) is 11.8 Å². The zero-order valence-electron chi connectivity index (χ0n) is 14.3. The number of morpholine rings is 1. The maximum absolute atomic E-state index is 12.9. The largest absolute Gasteiger partial charge is 0.371 e. The molecule has 1 aromatic carbocycles. The van der Waals surface area contributed by atoms with Crippen LogP contribution < -0.4 is 5.32 Å². The van der Waals surface area contributed by atoms with Crippen molar-refractivity contribution in [2.45, 2.75) is 43.3 Å². The Morgan fingerprint density at radius 2 is 2.12 bits per heavy atom. The molecule has 2 saturated heterocycles. The maximum atomic E-state index is 12.9. The average Bonchev–Trinajstić information content (AvgIpc) is 3.37. The van der Waals surface area contributed by atoms with Crippen LogP contribution in [0.15, 0.2) is 29.2 Å². The van der Waals surface area contributed by atoms with Crippen LogP contribution in [0.25, 0.3) is 0 Å². The minimum absolute atomic E-state index is 0.00852. The Balaban J connectivity index is 1.47. The molecule has 4 rings (SSSR count). The monoisotopic (exact) mass is 364 g/mol. The van der Waals surface area contributed by atoms with Crippen molar-refractivity contribution < 1.29 is 17.9 Å². The lowest BCUT2D eigenvalue weighted by Gasteiger charge is -2.32. The Morgan fingerprint density at radius 3 is 2.84 bits per heavy atom. The fourth-order valence-electron chi connectivity index (χ4n) is 3.72. The highest BCUT2D eigenvalue weighted by atomic mass is 32.2. The zero-order valence-corrected chi connectivity index (χ0v) is 15.2. The number of ether oxygens (including phenoxy) is 1. The Hall–Kier alpha value is -1.44. The molecule has 7 heteroatoms. The number of nitrogens with zero attached hydrogens (tertiary/aromatic N) is 1. The van der Waals surface area contributed by atoms with Gasteiger partial charge in [0, 0.05) is 19.6 Å². The summed E-state index contributed by atoms with van der Waals surface area (Å²) in [5.74, 6) is 0.388. The van der Waals surface area contributed by atoms with Crippen molar-refractivity contribution in [3.05, 3.63) is 29.8 Å². The highest BCUT2D eigenvalue weighted by molar-refractivity contribution is 7.89. The van der Waals surface area contributed by atoms with Crippen molar-refractivity contribution in [2.75, 3.05) is 19.6 Å². The third kappa shape index (κ3) is 3.45. The third-order valence-corrected chi connectivity index (χ3v) is 7.18. The Labute approximate surface area is 148 Å². The van der Waals surface area contributed by atoms with Gasteiger partial charge in [-0.25, -0.2) is 8.42 Å². The summed E-state index contributed by atoms with van der Waals surface area (Å²) >= 11 is 0. The summed E-state index contributed by atoms with van der Waals surface area (Å²) in [6.07, 6.45) is 2.43. The molecular formula is C18H24N2O4S. The molecule has 0 radical (unpaired) electrons. The number of nitrogens with one attached hydrogen (secondary N) is 1. The van der Waals surface area contributed by atoms with E-state index < -0.39 is 10.0 Å². The molecule has 3 aliphatic rings. The second kappa shape index (κ2) is 6.37. The van der Waals surface area contributed by atoms with Crippen LogP contribution in [-0.2, 0) is 19.6 Å². The number of aryl methyl sites for hydroxylation is 1. The molecule has 1 amide bonds. The molecule has 136 valence electrons. The van der Waals surface area contributed by atoms with E-state index in [1.807, 2.05) is 13.0 Å². The first kappa shape index (κ1) is 17.0. The van der Waals surface area contributed by atoms with Gasteiger partial charge < -0.3 is 10.1 Å². The normalized spacial score (nSPS) is 29.6. The molecule has 2 heterocycles. The highest BCUT2D eigenvalue weighted by Gasteiger charge is 2.47. The van der Waals surface area contributed by atoms with Crippen LogP contribution in [0.4, 0.5) is 0 Å². The molecule has 2 aliphatic heterocycles. The first-order valence-corrected chi connectivity index (χ1v) is 10.4. The highest BCUT2D eigenvalue weighted by Crippen LogP contribution is 2.35. The van der Waals surface area contributed by atoms with E-state index in [9.17, 15) is 13.2 Å². The molecule has 0 spiro atoms. The summed E-state index contributed by atoms with van der Waals surface area (Å²) < 4.78 is 33.2. The summed E-state index contributed by atoms with van der Waals surface area (Å²) in [6.45, 7) is 3.17. The molecule has 3 fully saturated rings. The standard InChI is InChI=1S/C18H24N2O4S/c1-12-3-2-4-15(7-12)25(22,23)20-10-14-8-16(17(11-20)24-14)18(21)19-9-13-5-6-13/h2-4,7,13-14,16-17H,5-6,8-11H2,1H3,(H,19,21)/t14-,16+,17-/m0/s1. The van der Waals surface area contributed by atoms with Crippen LogP contribution in [0.3, 0.4) is 0 Å². The predicted molar refractivity (Wildman–Crippen MR) is 92.4 cm³/mol. The van der Waals surface area contributed by atoms with Crippen LogP contribution in [0, 0.1) is 18.8 Å². The van der Waals surface area contributed by atoms with Gasteiger partial charge in [-0.15, -0.1) is 0 Å². The molecule has 1 aliphatic carbocycles. The van der Waals surface area contributed by atoms with E-state index >= 15 is 0 Å². The first-order chi connectivity index (χ1) is 11.9. The van der Waals surface area contributed by atoms with Crippen LogP contribution in [0.1, 0.15) is 24.8 Å².